The summed E-state index contributed by atoms with van der Waals surface area (Å²) in [6, 6.07) is 6.46. The standard InChI is InChI=1S/C13H21NO4S2/c1-3-18-12-6-4-5-7-13(12)20(16,17)14-10-11(15)8-9-19-2/h4-7,11,14-15H,3,8-10H2,1-2H3. The highest BCUT2D eigenvalue weighted by molar-refractivity contribution is 7.98. The van der Waals surface area contributed by atoms with Crippen LogP contribution in [0.3, 0.4) is 0 Å². The Balaban J connectivity index is 2.73. The molecule has 0 amide bonds. The zero-order chi connectivity index (χ0) is 15.0. The molecule has 0 saturated carbocycles. The maximum atomic E-state index is 12.2. The molecule has 0 spiro atoms. The Kier molecular flexibility index (Phi) is 7.36. The quantitative estimate of drug-likeness (QED) is 0.721. The van der Waals surface area contributed by atoms with Crippen LogP contribution in [0.5, 0.6) is 5.75 Å². The van der Waals surface area contributed by atoms with E-state index < -0.39 is 16.1 Å². The number of para-hydroxylation sites is 1. The molecular weight excluding hydrogens is 298 g/mol. The van der Waals surface area contributed by atoms with Crippen LogP contribution in [0.25, 0.3) is 0 Å². The first-order valence-electron chi connectivity index (χ1n) is 6.39. The van der Waals surface area contributed by atoms with Crippen molar-refractivity contribution in [1.29, 1.82) is 0 Å². The molecule has 5 nitrogen and oxygen atoms in total. The number of hydrogen-bond acceptors (Lipinski definition) is 5. The van der Waals surface area contributed by atoms with Crippen molar-refractivity contribution in [2.45, 2.75) is 24.3 Å². The number of hydrogen-bond donors (Lipinski definition) is 2. The lowest BCUT2D eigenvalue weighted by atomic mass is 10.3. The third-order valence-electron chi connectivity index (χ3n) is 2.60. The Hall–Kier alpha value is -0.760. The molecular formula is C13H21NO4S2. The van der Waals surface area contributed by atoms with E-state index in [0.717, 1.165) is 5.75 Å². The molecule has 0 aliphatic carbocycles. The van der Waals surface area contributed by atoms with Gasteiger partial charge in [-0.1, -0.05) is 12.1 Å². The minimum absolute atomic E-state index is 0.00333. The second-order valence-electron chi connectivity index (χ2n) is 4.17. The van der Waals surface area contributed by atoms with E-state index in [1.165, 1.54) is 6.07 Å². The second kappa shape index (κ2) is 8.51. The minimum atomic E-state index is -3.68. The van der Waals surface area contributed by atoms with Crippen LogP contribution in [0.4, 0.5) is 0 Å². The monoisotopic (exact) mass is 319 g/mol. The van der Waals surface area contributed by atoms with E-state index in [0.29, 0.717) is 18.8 Å². The molecule has 0 radical (unpaired) electrons. The average molecular weight is 319 g/mol. The van der Waals surface area contributed by atoms with Crippen molar-refractivity contribution in [1.82, 2.24) is 4.72 Å². The molecule has 114 valence electrons. The van der Waals surface area contributed by atoms with Gasteiger partial charge in [-0.3, -0.25) is 0 Å². The van der Waals surface area contributed by atoms with Gasteiger partial charge in [0.15, 0.2) is 0 Å². The molecule has 1 aromatic rings. The fraction of sp³-hybridized carbons (Fsp3) is 0.538. The highest BCUT2D eigenvalue weighted by atomic mass is 32.2. The molecule has 0 bridgehead atoms. The average Bonchev–Trinajstić information content (AvgIpc) is 2.44. The summed E-state index contributed by atoms with van der Waals surface area (Å²) in [7, 11) is -3.68. The Morgan fingerprint density at radius 1 is 1.40 bits per heavy atom. The van der Waals surface area contributed by atoms with Crippen LogP contribution in [0, 0.1) is 0 Å². The largest absolute Gasteiger partial charge is 0.492 e. The Labute approximate surface area is 124 Å². The van der Waals surface area contributed by atoms with Gasteiger partial charge in [-0.15, -0.1) is 0 Å². The Morgan fingerprint density at radius 3 is 2.75 bits per heavy atom. The molecule has 1 aromatic carbocycles. The summed E-state index contributed by atoms with van der Waals surface area (Å²) in [5.74, 6) is 1.11. The van der Waals surface area contributed by atoms with E-state index in [2.05, 4.69) is 4.72 Å². The van der Waals surface area contributed by atoms with Crippen LogP contribution in [0.2, 0.25) is 0 Å². The molecule has 0 heterocycles. The minimum Gasteiger partial charge on any atom is -0.492 e. The zero-order valence-electron chi connectivity index (χ0n) is 11.7. The third kappa shape index (κ3) is 5.32. The van der Waals surface area contributed by atoms with Gasteiger partial charge in [0.1, 0.15) is 10.6 Å². The predicted octanol–water partition coefficient (Wildman–Crippen LogP) is 1.48. The summed E-state index contributed by atoms with van der Waals surface area (Å²) in [5, 5.41) is 9.69. The van der Waals surface area contributed by atoms with Crippen LogP contribution in [-0.4, -0.2) is 44.8 Å². The highest BCUT2D eigenvalue weighted by Gasteiger charge is 2.20. The van der Waals surface area contributed by atoms with E-state index >= 15 is 0 Å². The lowest BCUT2D eigenvalue weighted by Gasteiger charge is -2.14. The van der Waals surface area contributed by atoms with Crippen molar-refractivity contribution < 1.29 is 18.3 Å². The number of nitrogens with one attached hydrogen (secondary N) is 1. The van der Waals surface area contributed by atoms with Gasteiger partial charge in [0.25, 0.3) is 0 Å². The van der Waals surface area contributed by atoms with E-state index in [-0.39, 0.29) is 11.4 Å². The van der Waals surface area contributed by atoms with Crippen LogP contribution < -0.4 is 9.46 Å². The van der Waals surface area contributed by atoms with Crippen LogP contribution in [0.1, 0.15) is 13.3 Å². The molecule has 1 unspecified atom stereocenters. The fourth-order valence-corrected chi connectivity index (χ4v) is 3.31. The maximum Gasteiger partial charge on any atom is 0.244 e. The van der Waals surface area contributed by atoms with Gasteiger partial charge < -0.3 is 9.84 Å². The summed E-state index contributed by atoms with van der Waals surface area (Å²) < 4.78 is 32.1. The van der Waals surface area contributed by atoms with Gasteiger partial charge >= 0.3 is 0 Å². The molecule has 1 atom stereocenters. The lowest BCUT2D eigenvalue weighted by molar-refractivity contribution is 0.175. The molecule has 0 aliphatic rings. The fourth-order valence-electron chi connectivity index (χ4n) is 1.59. The predicted molar refractivity (Wildman–Crippen MR) is 81.8 cm³/mol. The highest BCUT2D eigenvalue weighted by Crippen LogP contribution is 2.22. The van der Waals surface area contributed by atoms with E-state index in [1.54, 1.807) is 36.9 Å². The van der Waals surface area contributed by atoms with E-state index in [4.69, 9.17) is 4.74 Å². The van der Waals surface area contributed by atoms with Gasteiger partial charge in [0.05, 0.1) is 12.7 Å². The smallest absolute Gasteiger partial charge is 0.244 e. The van der Waals surface area contributed by atoms with Gasteiger partial charge in [0.2, 0.25) is 10.0 Å². The molecule has 7 heteroatoms. The second-order valence-corrected chi connectivity index (χ2v) is 6.89. The number of aliphatic hydroxyl groups is 1. The maximum absolute atomic E-state index is 12.2. The summed E-state index contributed by atoms with van der Waals surface area (Å²) in [6.45, 7) is 2.19. The summed E-state index contributed by atoms with van der Waals surface area (Å²) in [6.07, 6.45) is 1.81. The van der Waals surface area contributed by atoms with Crippen LogP contribution in [0.15, 0.2) is 29.2 Å². The first-order chi connectivity index (χ1) is 9.51. The molecule has 20 heavy (non-hydrogen) atoms. The Morgan fingerprint density at radius 2 is 2.10 bits per heavy atom. The van der Waals surface area contributed by atoms with Crippen molar-refractivity contribution in [2.75, 3.05) is 25.2 Å². The SMILES string of the molecule is CCOc1ccccc1S(=O)(=O)NCC(O)CCSC. The van der Waals surface area contributed by atoms with Crippen LogP contribution in [-0.2, 0) is 10.0 Å². The third-order valence-corrected chi connectivity index (χ3v) is 4.71. The topological polar surface area (TPSA) is 75.6 Å². The number of sulfonamides is 1. The first kappa shape index (κ1) is 17.3. The summed E-state index contributed by atoms with van der Waals surface area (Å²) in [5.41, 5.74) is 0. The zero-order valence-corrected chi connectivity index (χ0v) is 13.3. The van der Waals surface area contributed by atoms with Crippen molar-refractivity contribution in [3.63, 3.8) is 0 Å². The van der Waals surface area contributed by atoms with Crippen molar-refractivity contribution in [3.05, 3.63) is 24.3 Å². The number of aliphatic hydroxyl groups excluding tert-OH is 1. The molecule has 2 N–H and O–H groups in total. The summed E-state index contributed by atoms with van der Waals surface area (Å²) in [4.78, 5) is 0.0962. The molecule has 0 fully saturated rings. The van der Waals surface area contributed by atoms with E-state index in [9.17, 15) is 13.5 Å². The normalized spacial score (nSPS) is 13.2. The molecule has 0 saturated heterocycles. The molecule has 1 rings (SSSR count). The van der Waals surface area contributed by atoms with Gasteiger partial charge in [0, 0.05) is 6.54 Å². The number of thioether (sulfide) groups is 1. The van der Waals surface area contributed by atoms with E-state index in [1.807, 2.05) is 6.26 Å². The number of benzene rings is 1. The molecule has 0 aliphatic heterocycles. The van der Waals surface area contributed by atoms with Gasteiger partial charge in [-0.05, 0) is 37.5 Å². The number of rotatable bonds is 9. The van der Waals surface area contributed by atoms with Gasteiger partial charge in [-0.2, -0.15) is 11.8 Å². The van der Waals surface area contributed by atoms with Crippen molar-refractivity contribution in [2.24, 2.45) is 0 Å². The molecule has 0 aromatic heterocycles. The van der Waals surface area contributed by atoms with Gasteiger partial charge in [-0.25, -0.2) is 13.1 Å². The first-order valence-corrected chi connectivity index (χ1v) is 9.27. The Bertz CT molecular complexity index is 505. The van der Waals surface area contributed by atoms with Crippen molar-refractivity contribution >= 4 is 21.8 Å². The summed E-state index contributed by atoms with van der Waals surface area (Å²) >= 11 is 1.61. The van der Waals surface area contributed by atoms with Crippen molar-refractivity contribution in [3.8, 4) is 5.75 Å². The van der Waals surface area contributed by atoms with Crippen LogP contribution >= 0.6 is 11.8 Å². The number of ether oxygens (including phenoxy) is 1. The lowest BCUT2D eigenvalue weighted by Crippen LogP contribution is -2.32.